The Balaban J connectivity index is 1.40. The predicted molar refractivity (Wildman–Crippen MR) is 154 cm³/mol. The molecular formula is C33H45NO13. The first-order valence-electron chi connectivity index (χ1n) is 16.7. The van der Waals surface area contributed by atoms with Crippen LogP contribution in [0.3, 0.4) is 0 Å². The summed E-state index contributed by atoms with van der Waals surface area (Å²) in [6.07, 6.45) is -6.58. The summed E-state index contributed by atoms with van der Waals surface area (Å²) in [5.74, 6) is -8.46. The molecule has 260 valence electrons. The fourth-order valence-corrected chi connectivity index (χ4v) is 13.1. The smallest absolute Gasteiger partial charge is 0.341 e. The number of epoxide rings is 2. The van der Waals surface area contributed by atoms with Gasteiger partial charge in [-0.1, -0.05) is 20.8 Å². The Morgan fingerprint density at radius 2 is 1.62 bits per heavy atom. The van der Waals surface area contributed by atoms with Crippen LogP contribution < -0.4 is 5.73 Å². The second kappa shape index (κ2) is 9.25. The van der Waals surface area contributed by atoms with E-state index in [4.69, 9.17) is 34.2 Å². The number of hydrogen-bond acceptors (Lipinski definition) is 14. The van der Waals surface area contributed by atoms with Crippen molar-refractivity contribution in [3.8, 4) is 0 Å². The van der Waals surface area contributed by atoms with E-state index >= 15 is 0 Å². The van der Waals surface area contributed by atoms with Crippen molar-refractivity contribution in [2.45, 2.75) is 121 Å². The molecule has 5 N–H and O–H groups in total. The first kappa shape index (κ1) is 31.9. The van der Waals surface area contributed by atoms with Crippen LogP contribution in [0.2, 0.25) is 0 Å². The summed E-state index contributed by atoms with van der Waals surface area (Å²) in [5.41, 5.74) is 1.05. The highest BCUT2D eigenvalue weighted by Gasteiger charge is 2.93. The Hall–Kier alpha value is -2.36. The molecular weight excluding hydrogens is 618 g/mol. The Morgan fingerprint density at radius 1 is 0.979 bits per heavy atom. The lowest BCUT2D eigenvalue weighted by atomic mass is 9.40. The molecule has 0 bridgehead atoms. The Labute approximate surface area is 271 Å². The molecule has 5 aliphatic carbocycles. The molecule has 2 unspecified atom stereocenters. The van der Waals surface area contributed by atoms with Gasteiger partial charge in [-0.2, -0.15) is 0 Å². The molecule has 14 nitrogen and oxygen atoms in total. The highest BCUT2D eigenvalue weighted by molar-refractivity contribution is 5.84. The van der Waals surface area contributed by atoms with Crippen LogP contribution in [0.25, 0.3) is 0 Å². The summed E-state index contributed by atoms with van der Waals surface area (Å²) >= 11 is 0. The Kier molecular flexibility index (Phi) is 6.27. The third-order valence-electron chi connectivity index (χ3n) is 15.0. The summed E-state index contributed by atoms with van der Waals surface area (Å²) in [6, 6.07) is -0.844. The summed E-state index contributed by atoms with van der Waals surface area (Å²) in [4.78, 5) is 51.8. The third kappa shape index (κ3) is 3.33. The van der Waals surface area contributed by atoms with Gasteiger partial charge in [0.05, 0.1) is 23.7 Å². The average molecular weight is 664 g/mol. The minimum absolute atomic E-state index is 0.227. The molecule has 0 amide bonds. The number of aliphatic hydroxyl groups is 3. The topological polar surface area (TPSA) is 217 Å². The molecule has 8 aliphatic rings. The minimum atomic E-state index is -2.08. The van der Waals surface area contributed by atoms with E-state index in [0.717, 1.165) is 0 Å². The number of esters is 3. The van der Waals surface area contributed by atoms with Gasteiger partial charge in [0.1, 0.15) is 30.5 Å². The summed E-state index contributed by atoms with van der Waals surface area (Å²) in [7, 11) is 0. The Morgan fingerprint density at radius 3 is 2.23 bits per heavy atom. The van der Waals surface area contributed by atoms with Crippen molar-refractivity contribution in [1.82, 2.24) is 0 Å². The molecule has 0 aromatic heterocycles. The van der Waals surface area contributed by atoms with Crippen LogP contribution in [0.1, 0.15) is 54.9 Å². The molecule has 5 saturated carbocycles. The molecule has 0 radical (unpaired) electrons. The van der Waals surface area contributed by atoms with Gasteiger partial charge in [0.15, 0.2) is 5.60 Å². The second-order valence-electron chi connectivity index (χ2n) is 16.4. The first-order chi connectivity index (χ1) is 21.9. The standard InChI is InChI=1S/C33H45NO13/c1-10-16-19(31(6)32(7,41)28(40)47-33(31)26(10)46-33)23(42-9-35)17-15-18(24(43-11(2)36)27(30(16,17)5)44-12(3)37)29(4)13(20(34)21(15)38)8-14-22(45-14)25(29)39/h9-10,13-27,38-39,41H,8,34H2,1-7H3/t10-,13+,14-,15?,16-,17+,18?,19-,20-,21+,22-,23+,24-,25-,26+,27-,29-,30+,31-,32+,33-/m0/s1. The van der Waals surface area contributed by atoms with E-state index in [1.165, 1.54) is 20.8 Å². The van der Waals surface area contributed by atoms with Gasteiger partial charge in [0, 0.05) is 54.4 Å². The minimum Gasteiger partial charge on any atom is -0.464 e. The van der Waals surface area contributed by atoms with E-state index in [0.29, 0.717) is 12.9 Å². The molecule has 47 heavy (non-hydrogen) atoms. The Bertz CT molecular complexity index is 1450. The fourth-order valence-electron chi connectivity index (χ4n) is 13.1. The van der Waals surface area contributed by atoms with Crippen molar-refractivity contribution in [2.75, 3.05) is 0 Å². The molecule has 3 aliphatic heterocycles. The molecule has 14 heteroatoms. The monoisotopic (exact) mass is 663 g/mol. The van der Waals surface area contributed by atoms with Crippen LogP contribution in [0.15, 0.2) is 0 Å². The van der Waals surface area contributed by atoms with Gasteiger partial charge in [-0.25, -0.2) is 4.79 Å². The van der Waals surface area contributed by atoms with E-state index in [-0.39, 0.29) is 6.10 Å². The maximum atomic E-state index is 13.3. The van der Waals surface area contributed by atoms with Gasteiger partial charge < -0.3 is 49.5 Å². The van der Waals surface area contributed by atoms with Crippen molar-refractivity contribution in [3.05, 3.63) is 0 Å². The number of hydrogen-bond donors (Lipinski definition) is 4. The lowest BCUT2D eigenvalue weighted by Gasteiger charge is -2.67. The average Bonchev–Trinajstić information content (AvgIpc) is 3.89. The van der Waals surface area contributed by atoms with Crippen LogP contribution in [0.4, 0.5) is 0 Å². The van der Waals surface area contributed by atoms with E-state index < -0.39 is 136 Å². The molecule has 0 aromatic carbocycles. The number of fused-ring (bicyclic) bond motifs is 9. The van der Waals surface area contributed by atoms with E-state index in [2.05, 4.69) is 0 Å². The van der Waals surface area contributed by atoms with Gasteiger partial charge in [-0.3, -0.25) is 14.4 Å². The molecule has 3 saturated heterocycles. The lowest BCUT2D eigenvalue weighted by molar-refractivity contribution is -0.283. The molecule has 8 fully saturated rings. The number of aliphatic hydroxyl groups excluding tert-OH is 2. The van der Waals surface area contributed by atoms with Crippen LogP contribution in [0.5, 0.6) is 0 Å². The molecule has 21 atom stereocenters. The predicted octanol–water partition coefficient (Wildman–Crippen LogP) is -0.579. The van der Waals surface area contributed by atoms with Crippen molar-refractivity contribution < 1.29 is 62.9 Å². The van der Waals surface area contributed by atoms with Crippen molar-refractivity contribution in [3.63, 3.8) is 0 Å². The number of carbonyl (C=O) groups excluding carboxylic acids is 4. The molecule has 0 aromatic rings. The SMILES string of the molecule is CC(=O)O[C@H]1C2C([C@@H](O)[C@@H](N)[C@H]3C[C@@H]4O[C@@H]4[C@H](O)[C@]23C)[C@@H]2[C@@H](OC=O)[C@@H]3[C@H]([C@H](C)[C@H]4O[C@]45OC(=O)[C@@](C)(O)[C@]35C)[C@@]2(C)[C@H]1OC(C)=O. The zero-order valence-electron chi connectivity index (χ0n) is 27.5. The van der Waals surface area contributed by atoms with E-state index in [1.807, 2.05) is 20.8 Å². The van der Waals surface area contributed by atoms with Gasteiger partial charge in [-0.05, 0) is 38.0 Å². The summed E-state index contributed by atoms with van der Waals surface area (Å²) in [5, 5.41) is 36.3. The first-order valence-corrected chi connectivity index (χ1v) is 16.7. The summed E-state index contributed by atoms with van der Waals surface area (Å²) < 4.78 is 36.3. The van der Waals surface area contributed by atoms with Crippen molar-refractivity contribution in [1.29, 1.82) is 0 Å². The molecule has 8 rings (SSSR count). The molecule has 3 heterocycles. The van der Waals surface area contributed by atoms with Gasteiger partial charge in [0.25, 0.3) is 6.47 Å². The van der Waals surface area contributed by atoms with Gasteiger partial charge in [-0.15, -0.1) is 0 Å². The third-order valence-corrected chi connectivity index (χ3v) is 15.0. The normalized spacial score (nSPS) is 62.1. The molecule has 1 spiro atoms. The number of rotatable bonds is 4. The maximum Gasteiger partial charge on any atom is 0.341 e. The fraction of sp³-hybridized carbons (Fsp3) is 0.879. The summed E-state index contributed by atoms with van der Waals surface area (Å²) in [6.45, 7) is 11.5. The van der Waals surface area contributed by atoms with E-state index in [9.17, 15) is 34.5 Å². The second-order valence-corrected chi connectivity index (χ2v) is 16.4. The quantitative estimate of drug-likeness (QED) is 0.128. The largest absolute Gasteiger partial charge is 0.464 e. The van der Waals surface area contributed by atoms with Gasteiger partial charge in [0.2, 0.25) is 5.79 Å². The van der Waals surface area contributed by atoms with Crippen LogP contribution >= 0.6 is 0 Å². The number of ether oxygens (including phenoxy) is 6. The highest BCUT2D eigenvalue weighted by atomic mass is 16.8. The van der Waals surface area contributed by atoms with Crippen LogP contribution in [0, 0.1) is 57.7 Å². The zero-order chi connectivity index (χ0) is 34.1. The van der Waals surface area contributed by atoms with Crippen molar-refractivity contribution >= 4 is 24.4 Å². The van der Waals surface area contributed by atoms with Crippen molar-refractivity contribution in [2.24, 2.45) is 63.4 Å². The highest BCUT2D eigenvalue weighted by Crippen LogP contribution is 2.81. The lowest BCUT2D eigenvalue weighted by Crippen LogP contribution is -2.76. The van der Waals surface area contributed by atoms with Crippen LogP contribution in [-0.4, -0.2) is 106 Å². The number of carbonyl (C=O) groups is 4. The zero-order valence-corrected chi connectivity index (χ0v) is 27.5. The van der Waals surface area contributed by atoms with E-state index in [1.54, 1.807) is 6.92 Å². The van der Waals surface area contributed by atoms with Gasteiger partial charge >= 0.3 is 17.9 Å². The maximum absolute atomic E-state index is 13.3. The number of nitrogens with two attached hydrogens (primary N) is 1. The van der Waals surface area contributed by atoms with Crippen LogP contribution in [-0.2, 0) is 47.6 Å².